The molecule has 0 aliphatic carbocycles. The number of aromatic nitrogens is 3. The van der Waals surface area contributed by atoms with E-state index in [0.29, 0.717) is 10.6 Å². The lowest BCUT2D eigenvalue weighted by molar-refractivity contribution is 0.123. The number of aryl methyl sites for hydroxylation is 1. The molecule has 8 heteroatoms. The van der Waals surface area contributed by atoms with Gasteiger partial charge in [0.05, 0.1) is 24.4 Å². The lowest BCUT2D eigenvalue weighted by Crippen LogP contribution is -2.35. The highest BCUT2D eigenvalue weighted by atomic mass is 32.1. The average Bonchev–Trinajstić information content (AvgIpc) is 3.28. The number of aromatic amines is 1. The zero-order valence-corrected chi connectivity index (χ0v) is 16.0. The molecule has 0 atom stereocenters. The molecule has 1 saturated heterocycles. The van der Waals surface area contributed by atoms with Crippen LogP contribution in [-0.2, 0) is 4.74 Å². The predicted octanol–water partition coefficient (Wildman–Crippen LogP) is 3.70. The smallest absolute Gasteiger partial charge is 0.216 e. The number of nitrogens with one attached hydrogen (secondary N) is 1. The van der Waals surface area contributed by atoms with Gasteiger partial charge in [-0.25, -0.2) is 5.10 Å². The number of hydrogen-bond acceptors (Lipinski definition) is 6. The number of nitrogens with zero attached hydrogens (tertiary/aromatic N) is 4. The van der Waals surface area contributed by atoms with Crippen molar-refractivity contribution in [2.75, 3.05) is 31.2 Å². The minimum Gasteiger partial charge on any atom is -0.378 e. The second-order valence-corrected chi connectivity index (χ2v) is 7.48. The molecule has 4 rings (SSSR count). The lowest BCUT2D eigenvalue weighted by Gasteiger charge is -2.27. The monoisotopic (exact) mass is 385 g/mol. The highest BCUT2D eigenvalue weighted by molar-refractivity contribution is 7.71. The standard InChI is InChI=1S/C18H19N5OS2/c1-13-4-2-3-5-15(13)17-20-21-18(25)23(17)19-12-14-6-7-16(26-14)22-8-10-24-11-9-22/h2-7,12H,8-11H2,1H3,(H,21,25). The van der Waals surface area contributed by atoms with Crippen LogP contribution in [0.2, 0.25) is 0 Å². The molecule has 0 spiro atoms. The maximum absolute atomic E-state index is 5.41. The maximum Gasteiger partial charge on any atom is 0.216 e. The molecule has 6 nitrogen and oxygen atoms in total. The van der Waals surface area contributed by atoms with Gasteiger partial charge in [0.25, 0.3) is 0 Å². The van der Waals surface area contributed by atoms with Crippen LogP contribution in [0, 0.1) is 11.7 Å². The molecule has 1 N–H and O–H groups in total. The van der Waals surface area contributed by atoms with E-state index in [1.165, 1.54) is 5.00 Å². The van der Waals surface area contributed by atoms with Crippen molar-refractivity contribution in [3.63, 3.8) is 0 Å². The van der Waals surface area contributed by atoms with Crippen molar-refractivity contribution in [3.05, 3.63) is 51.6 Å². The summed E-state index contributed by atoms with van der Waals surface area (Å²) in [4.78, 5) is 3.42. The van der Waals surface area contributed by atoms with E-state index in [4.69, 9.17) is 17.0 Å². The number of H-pyrrole nitrogens is 1. The summed E-state index contributed by atoms with van der Waals surface area (Å²) in [6.07, 6.45) is 1.84. The highest BCUT2D eigenvalue weighted by Gasteiger charge is 2.13. The third-order valence-corrected chi connectivity index (χ3v) is 5.62. The van der Waals surface area contributed by atoms with E-state index in [-0.39, 0.29) is 0 Å². The number of thiophene rings is 1. The van der Waals surface area contributed by atoms with Crippen molar-refractivity contribution < 1.29 is 4.74 Å². The summed E-state index contributed by atoms with van der Waals surface area (Å²) in [5.74, 6) is 0.717. The molecule has 2 aromatic heterocycles. The van der Waals surface area contributed by atoms with Crippen molar-refractivity contribution in [3.8, 4) is 11.4 Å². The molecule has 0 radical (unpaired) electrons. The van der Waals surface area contributed by atoms with Crippen molar-refractivity contribution in [1.29, 1.82) is 0 Å². The van der Waals surface area contributed by atoms with Crippen LogP contribution in [0.4, 0.5) is 5.00 Å². The molecule has 0 unspecified atom stereocenters. The summed E-state index contributed by atoms with van der Waals surface area (Å²) in [6, 6.07) is 12.3. The first-order valence-corrected chi connectivity index (χ1v) is 9.65. The molecule has 1 aliphatic heterocycles. The first-order chi connectivity index (χ1) is 12.7. The van der Waals surface area contributed by atoms with Gasteiger partial charge < -0.3 is 9.64 Å². The molecule has 26 heavy (non-hydrogen) atoms. The Hall–Kier alpha value is -2.29. The van der Waals surface area contributed by atoms with Gasteiger partial charge in [-0.1, -0.05) is 24.3 Å². The largest absolute Gasteiger partial charge is 0.378 e. The number of hydrogen-bond donors (Lipinski definition) is 1. The van der Waals surface area contributed by atoms with Crippen molar-refractivity contribution in [1.82, 2.24) is 14.9 Å². The summed E-state index contributed by atoms with van der Waals surface area (Å²) in [5, 5.41) is 13.0. The number of morpholine rings is 1. The summed E-state index contributed by atoms with van der Waals surface area (Å²) in [5.41, 5.74) is 2.14. The summed E-state index contributed by atoms with van der Waals surface area (Å²) in [6.45, 7) is 5.48. The van der Waals surface area contributed by atoms with Gasteiger partial charge in [0.2, 0.25) is 4.77 Å². The molecule has 1 aliphatic rings. The minimum absolute atomic E-state index is 0.476. The van der Waals surface area contributed by atoms with Crippen LogP contribution < -0.4 is 4.90 Å². The Morgan fingerprint density at radius 3 is 2.85 bits per heavy atom. The summed E-state index contributed by atoms with van der Waals surface area (Å²) < 4.78 is 7.56. The van der Waals surface area contributed by atoms with Crippen LogP contribution in [-0.4, -0.2) is 47.4 Å². The van der Waals surface area contributed by atoms with E-state index in [0.717, 1.165) is 42.3 Å². The normalized spacial score (nSPS) is 15.0. The third-order valence-electron chi connectivity index (χ3n) is 4.27. The van der Waals surface area contributed by atoms with Crippen molar-refractivity contribution in [2.45, 2.75) is 6.92 Å². The zero-order valence-electron chi connectivity index (χ0n) is 14.4. The van der Waals surface area contributed by atoms with Crippen LogP contribution in [0.25, 0.3) is 11.4 Å². The molecule has 3 aromatic rings. The van der Waals surface area contributed by atoms with E-state index in [1.807, 2.05) is 24.4 Å². The first kappa shape index (κ1) is 17.1. The van der Waals surface area contributed by atoms with Gasteiger partial charge >= 0.3 is 0 Å². The number of rotatable bonds is 4. The lowest BCUT2D eigenvalue weighted by atomic mass is 10.1. The molecule has 0 amide bonds. The minimum atomic E-state index is 0.476. The van der Waals surface area contributed by atoms with Crippen LogP contribution >= 0.6 is 23.6 Å². The van der Waals surface area contributed by atoms with E-state index < -0.39 is 0 Å². The van der Waals surface area contributed by atoms with Crippen molar-refractivity contribution >= 4 is 34.8 Å². The predicted molar refractivity (Wildman–Crippen MR) is 108 cm³/mol. The number of benzene rings is 1. The fourth-order valence-corrected chi connectivity index (χ4v) is 3.98. The summed E-state index contributed by atoms with van der Waals surface area (Å²) in [7, 11) is 0. The second-order valence-electron chi connectivity index (χ2n) is 6.00. The Labute approximate surface area is 160 Å². The second kappa shape index (κ2) is 7.53. The van der Waals surface area contributed by atoms with Gasteiger partial charge in [0.1, 0.15) is 0 Å². The van der Waals surface area contributed by atoms with Gasteiger partial charge in [-0.3, -0.25) is 0 Å². The van der Waals surface area contributed by atoms with E-state index in [9.17, 15) is 0 Å². The fourth-order valence-electron chi connectivity index (χ4n) is 2.88. The average molecular weight is 386 g/mol. The Bertz CT molecular complexity index is 981. The van der Waals surface area contributed by atoms with Crippen molar-refractivity contribution in [2.24, 2.45) is 5.10 Å². The molecule has 0 bridgehead atoms. The van der Waals surface area contributed by atoms with Crippen LogP contribution in [0.1, 0.15) is 10.4 Å². The topological polar surface area (TPSA) is 58.4 Å². The maximum atomic E-state index is 5.41. The molecular formula is C18H19N5OS2. The first-order valence-electron chi connectivity index (χ1n) is 8.43. The quantitative estimate of drug-likeness (QED) is 0.550. The Kier molecular flexibility index (Phi) is 4.96. The molecule has 0 saturated carbocycles. The molecular weight excluding hydrogens is 366 g/mol. The number of anilines is 1. The SMILES string of the molecule is Cc1ccccc1-c1n[nH]c(=S)n1N=Cc1ccc(N2CCOCC2)s1. The molecule has 3 heterocycles. The van der Waals surface area contributed by atoms with Gasteiger partial charge in [-0.2, -0.15) is 14.9 Å². The Morgan fingerprint density at radius 1 is 1.23 bits per heavy atom. The van der Waals surface area contributed by atoms with E-state index in [2.05, 4.69) is 45.3 Å². The molecule has 1 aromatic carbocycles. The van der Waals surface area contributed by atoms with Crippen LogP contribution in [0.3, 0.4) is 0 Å². The zero-order chi connectivity index (χ0) is 17.9. The van der Waals surface area contributed by atoms with Gasteiger partial charge in [-0.15, -0.1) is 11.3 Å². The number of ether oxygens (including phenoxy) is 1. The van der Waals surface area contributed by atoms with Gasteiger partial charge in [-0.05, 0) is 36.8 Å². The van der Waals surface area contributed by atoms with Crippen LogP contribution in [0.5, 0.6) is 0 Å². The van der Waals surface area contributed by atoms with E-state index in [1.54, 1.807) is 16.0 Å². The Morgan fingerprint density at radius 2 is 2.04 bits per heavy atom. The van der Waals surface area contributed by atoms with Gasteiger partial charge in [0.15, 0.2) is 5.82 Å². The third kappa shape index (κ3) is 3.48. The fraction of sp³-hybridized carbons (Fsp3) is 0.278. The van der Waals surface area contributed by atoms with Crippen LogP contribution in [0.15, 0.2) is 41.5 Å². The highest BCUT2D eigenvalue weighted by Crippen LogP contribution is 2.26. The molecule has 134 valence electrons. The Balaban J connectivity index is 1.60. The summed E-state index contributed by atoms with van der Waals surface area (Å²) >= 11 is 7.07. The van der Waals surface area contributed by atoms with Gasteiger partial charge in [0, 0.05) is 23.5 Å². The van der Waals surface area contributed by atoms with E-state index >= 15 is 0 Å². The molecule has 1 fully saturated rings.